The number of Topliss-reactive ketones (excluding diaryl/α,β-unsaturated/α-hetero) is 1. The number of carbonyl (C=O) groups excluding carboxylic acids is 1. The number of ether oxygens (including phenoxy) is 1. The molecule has 1 aliphatic rings. The molecule has 1 radical (unpaired) electrons. The molecule has 4 nitrogen and oxygen atoms in total. The average Bonchev–Trinajstić information content (AvgIpc) is 3.03. The minimum Gasteiger partial charge on any atom is -0.512 e. The molecule has 0 saturated heterocycles. The molecule has 0 saturated carbocycles. The quantitative estimate of drug-likeness (QED) is 0.0817. The molecule has 1 atom stereocenters. The summed E-state index contributed by atoms with van der Waals surface area (Å²) < 4.78 is 43.8. The van der Waals surface area contributed by atoms with E-state index in [9.17, 15) is 23.1 Å². The predicted octanol–water partition coefficient (Wildman–Crippen LogP) is 12.2. The number of hydrogen-bond acceptors (Lipinski definition) is 4. The van der Waals surface area contributed by atoms with Crippen molar-refractivity contribution in [2.45, 2.75) is 100 Å². The monoisotopic (exact) mass is 853 g/mol. The average molecular weight is 853 g/mol. The molecular formula is C41H49F3IrNO3-. The van der Waals surface area contributed by atoms with Crippen LogP contribution in [0.3, 0.4) is 0 Å². The molecular weight excluding hydrogens is 804 g/mol. The Labute approximate surface area is 302 Å². The van der Waals surface area contributed by atoms with Crippen LogP contribution < -0.4 is 4.74 Å². The molecule has 0 amide bonds. The van der Waals surface area contributed by atoms with Crippen molar-refractivity contribution in [3.05, 3.63) is 77.2 Å². The Balaban J connectivity index is 0.000000287. The van der Waals surface area contributed by atoms with Gasteiger partial charge in [-0.1, -0.05) is 89.2 Å². The predicted molar refractivity (Wildman–Crippen MR) is 190 cm³/mol. The number of benzene rings is 3. The van der Waals surface area contributed by atoms with Crippen LogP contribution in [0.4, 0.5) is 13.2 Å². The number of fused-ring (bicyclic) bond motifs is 3. The summed E-state index contributed by atoms with van der Waals surface area (Å²) in [6, 6.07) is 18.7. The number of aliphatic hydroxyl groups excluding tert-OH is 1. The number of allylic oxidation sites excluding steroid dienone is 2. The summed E-state index contributed by atoms with van der Waals surface area (Å²) in [5, 5.41) is 14.6. The van der Waals surface area contributed by atoms with Crippen LogP contribution in [0.2, 0.25) is 0 Å². The second-order valence-electron chi connectivity index (χ2n) is 13.8. The molecule has 0 bridgehead atoms. The standard InChI is InChI=1S/C27H26NO.C14H23F3O2.Ir/c1-16(2)11-18-13-20-9-10-28-26-23-15-19-7-5-6-8-21(19)22(12-17(3)4)27(23)29-24(14-18)25(20)26;1-5-10(6-2)12(18)9(4)13(19)11(7-3)8-14(15,16)17;/h5-10,13-14,16-17H,11-12H2,1-4H3;10-11,18H,5-8H2,1-4H3;/q-1;;/b;12-9-;. The first-order chi connectivity index (χ1) is 22.7. The van der Waals surface area contributed by atoms with Crippen molar-refractivity contribution in [2.24, 2.45) is 23.7 Å². The van der Waals surface area contributed by atoms with Gasteiger partial charge < -0.3 is 9.84 Å². The number of halogens is 3. The number of aromatic nitrogens is 1. The minimum absolute atomic E-state index is 0. The van der Waals surface area contributed by atoms with Gasteiger partial charge in [0.2, 0.25) is 0 Å². The van der Waals surface area contributed by atoms with Gasteiger partial charge in [-0.05, 0) is 73.9 Å². The number of ketones is 1. The normalized spacial score (nSPS) is 13.4. The summed E-state index contributed by atoms with van der Waals surface area (Å²) in [4.78, 5) is 16.8. The van der Waals surface area contributed by atoms with Gasteiger partial charge in [-0.15, -0.1) is 17.5 Å². The van der Waals surface area contributed by atoms with Crippen LogP contribution >= 0.6 is 0 Å². The zero-order valence-corrected chi connectivity index (χ0v) is 32.2. The van der Waals surface area contributed by atoms with Crippen LogP contribution in [0.25, 0.3) is 32.8 Å². The molecule has 49 heavy (non-hydrogen) atoms. The Morgan fingerprint density at radius 2 is 1.57 bits per heavy atom. The number of hydrogen-bond donors (Lipinski definition) is 1. The van der Waals surface area contributed by atoms with Crippen molar-refractivity contribution >= 4 is 27.3 Å². The van der Waals surface area contributed by atoms with Crippen molar-refractivity contribution in [3.8, 4) is 22.8 Å². The number of carbonyl (C=O) groups is 1. The Bertz CT molecular complexity index is 1790. The van der Waals surface area contributed by atoms with Crippen molar-refractivity contribution in [1.29, 1.82) is 0 Å². The second kappa shape index (κ2) is 17.1. The molecule has 8 heteroatoms. The summed E-state index contributed by atoms with van der Waals surface area (Å²) in [5.41, 5.74) is 4.64. The van der Waals surface area contributed by atoms with Crippen LogP contribution in [0.5, 0.6) is 11.5 Å². The Kier molecular flexibility index (Phi) is 14.1. The fourth-order valence-corrected chi connectivity index (χ4v) is 6.63. The van der Waals surface area contributed by atoms with E-state index in [-0.39, 0.29) is 43.8 Å². The van der Waals surface area contributed by atoms with Crippen molar-refractivity contribution < 1.29 is 47.9 Å². The zero-order chi connectivity index (χ0) is 35.3. The summed E-state index contributed by atoms with van der Waals surface area (Å²) in [6.45, 7) is 15.7. The van der Waals surface area contributed by atoms with E-state index >= 15 is 0 Å². The van der Waals surface area contributed by atoms with Crippen molar-refractivity contribution in [3.63, 3.8) is 0 Å². The molecule has 1 aromatic heterocycles. The maximum atomic E-state index is 12.4. The van der Waals surface area contributed by atoms with Gasteiger partial charge in [-0.2, -0.15) is 13.2 Å². The van der Waals surface area contributed by atoms with Gasteiger partial charge in [0.1, 0.15) is 11.5 Å². The first-order valence-electron chi connectivity index (χ1n) is 17.3. The van der Waals surface area contributed by atoms with E-state index in [0.29, 0.717) is 24.7 Å². The molecule has 1 aliphatic heterocycles. The summed E-state index contributed by atoms with van der Waals surface area (Å²) in [7, 11) is 0. The second-order valence-corrected chi connectivity index (χ2v) is 13.8. The van der Waals surface area contributed by atoms with Crippen LogP contribution in [0.1, 0.15) is 92.2 Å². The van der Waals surface area contributed by atoms with Crippen LogP contribution in [0.15, 0.2) is 60.0 Å². The summed E-state index contributed by atoms with van der Waals surface area (Å²) in [6.07, 6.45) is -0.135. The van der Waals surface area contributed by atoms with E-state index < -0.39 is 24.3 Å². The minimum atomic E-state index is -4.36. The third-order valence-corrected chi connectivity index (χ3v) is 9.07. The van der Waals surface area contributed by atoms with Gasteiger partial charge in [0.15, 0.2) is 5.78 Å². The van der Waals surface area contributed by atoms with Gasteiger partial charge in [0.05, 0.1) is 12.2 Å². The fourth-order valence-electron chi connectivity index (χ4n) is 6.63. The molecule has 3 aromatic carbocycles. The van der Waals surface area contributed by atoms with Gasteiger partial charge in [0.25, 0.3) is 0 Å². The van der Waals surface area contributed by atoms with Gasteiger partial charge in [0, 0.05) is 54.8 Å². The summed E-state index contributed by atoms with van der Waals surface area (Å²) >= 11 is 0. The molecule has 4 aromatic rings. The Morgan fingerprint density at radius 1 is 0.939 bits per heavy atom. The number of aliphatic hydroxyl groups is 1. The third kappa shape index (κ3) is 9.52. The number of alkyl halides is 3. The molecule has 0 aliphatic carbocycles. The Hall–Kier alpha value is -3.22. The van der Waals surface area contributed by atoms with Crippen molar-refractivity contribution in [1.82, 2.24) is 4.98 Å². The first-order valence-corrected chi connectivity index (χ1v) is 17.3. The number of pyridine rings is 1. The van der Waals surface area contributed by atoms with E-state index in [1.807, 2.05) is 20.0 Å². The molecule has 2 heterocycles. The largest absolute Gasteiger partial charge is 0.512 e. The van der Waals surface area contributed by atoms with E-state index in [1.54, 1.807) is 6.92 Å². The van der Waals surface area contributed by atoms with Crippen LogP contribution in [-0.4, -0.2) is 22.1 Å². The van der Waals surface area contributed by atoms with Crippen LogP contribution in [0, 0.1) is 29.7 Å². The van der Waals surface area contributed by atoms with Gasteiger partial charge in [-0.25, -0.2) is 0 Å². The molecule has 267 valence electrons. The van der Waals surface area contributed by atoms with Crippen molar-refractivity contribution in [2.75, 3.05) is 0 Å². The van der Waals surface area contributed by atoms with Crippen LogP contribution in [-0.2, 0) is 37.7 Å². The maximum Gasteiger partial charge on any atom is 0.389 e. The molecule has 1 N–H and O–H groups in total. The van der Waals surface area contributed by atoms with Gasteiger partial charge >= 0.3 is 6.18 Å². The topological polar surface area (TPSA) is 59.4 Å². The zero-order valence-electron chi connectivity index (χ0n) is 29.8. The summed E-state index contributed by atoms with van der Waals surface area (Å²) in [5.74, 6) is 1.09. The molecule has 0 spiro atoms. The van der Waals surface area contributed by atoms with E-state index in [1.165, 1.54) is 28.8 Å². The smallest absolute Gasteiger partial charge is 0.389 e. The third-order valence-electron chi connectivity index (χ3n) is 9.07. The van der Waals surface area contributed by atoms with E-state index in [4.69, 9.17) is 9.72 Å². The Morgan fingerprint density at radius 3 is 2.16 bits per heavy atom. The molecule has 0 fully saturated rings. The number of nitrogens with zero attached hydrogens (tertiary/aromatic N) is 1. The molecule has 1 unspecified atom stereocenters. The van der Waals surface area contributed by atoms with E-state index in [0.717, 1.165) is 46.4 Å². The molecule has 5 rings (SSSR count). The first kappa shape index (κ1) is 40.2. The SMILES string of the molecule is CC(C)Cc1cc2c3c(nccc3c1)-c1[c-]c3ccccc3c(CC(C)C)c1O2.CCC(CC(F)(F)F)C(=O)/C(C)=C(\O)C(CC)CC.[Ir]. The maximum absolute atomic E-state index is 12.4. The van der Waals surface area contributed by atoms with E-state index in [2.05, 4.69) is 76.2 Å². The fraction of sp³-hybridized carbons (Fsp3) is 0.463. The van der Waals surface area contributed by atoms with Gasteiger partial charge in [-0.3, -0.25) is 9.78 Å². The number of rotatable bonds is 11.